The molecule has 0 fully saturated rings. The number of carbonyl (C=O) groups is 1. The van der Waals surface area contributed by atoms with E-state index in [2.05, 4.69) is 0 Å². The molecule has 0 atom stereocenters. The van der Waals surface area contributed by atoms with Crippen molar-refractivity contribution in [3.63, 3.8) is 0 Å². The number of carbonyl (C=O) groups excluding carboxylic acids is 1. The summed E-state index contributed by atoms with van der Waals surface area (Å²) in [7, 11) is 0. The number of carboxylic acid groups (broad SMARTS) is 1. The zero-order chi connectivity index (χ0) is 18.0. The monoisotopic (exact) mass is 357 g/mol. The van der Waals surface area contributed by atoms with Gasteiger partial charge in [-0.25, -0.2) is 4.79 Å². The van der Waals surface area contributed by atoms with Crippen LogP contribution in [0.3, 0.4) is 0 Å². The van der Waals surface area contributed by atoms with Crippen molar-refractivity contribution >= 4 is 28.5 Å². The number of halogens is 1. The fourth-order valence-electron chi connectivity index (χ4n) is 2.64. The first-order chi connectivity index (χ1) is 12.0. The predicted octanol–water partition coefficient (Wildman–Crippen LogP) is 2.47. The molecule has 0 N–H and O–H groups in total. The van der Waals surface area contributed by atoms with E-state index in [1.165, 1.54) is 6.07 Å². The SMILES string of the molecule is Cc1c(Cc2ccccc2)c(=O)oc2cc(OCC(=O)[O-])c(Cl)cc12. The van der Waals surface area contributed by atoms with Gasteiger partial charge in [-0.2, -0.15) is 0 Å². The molecule has 0 spiro atoms. The Bertz CT molecular complexity index is 992. The lowest BCUT2D eigenvalue weighted by Crippen LogP contribution is -2.29. The highest BCUT2D eigenvalue weighted by Crippen LogP contribution is 2.32. The molecule has 3 aromatic rings. The fraction of sp³-hybridized carbons (Fsp3) is 0.158. The van der Waals surface area contributed by atoms with Crippen molar-refractivity contribution in [1.29, 1.82) is 0 Å². The van der Waals surface area contributed by atoms with Gasteiger partial charge in [0.2, 0.25) is 0 Å². The van der Waals surface area contributed by atoms with Gasteiger partial charge >= 0.3 is 5.63 Å². The van der Waals surface area contributed by atoms with Crippen molar-refractivity contribution in [2.45, 2.75) is 13.3 Å². The first kappa shape index (κ1) is 17.0. The number of carboxylic acids is 1. The van der Waals surface area contributed by atoms with Gasteiger partial charge < -0.3 is 19.1 Å². The summed E-state index contributed by atoms with van der Waals surface area (Å²) in [6.07, 6.45) is 0.450. The van der Waals surface area contributed by atoms with Gasteiger partial charge in [0.1, 0.15) is 17.9 Å². The van der Waals surface area contributed by atoms with Crippen molar-refractivity contribution in [2.24, 2.45) is 0 Å². The number of benzene rings is 2. The molecular formula is C19H14ClO5-. The first-order valence-electron chi connectivity index (χ1n) is 7.58. The third kappa shape index (κ3) is 3.67. The van der Waals surface area contributed by atoms with Crippen molar-refractivity contribution in [1.82, 2.24) is 0 Å². The summed E-state index contributed by atoms with van der Waals surface area (Å²) in [4.78, 5) is 22.9. The summed E-state index contributed by atoms with van der Waals surface area (Å²) in [5.74, 6) is -1.25. The van der Waals surface area contributed by atoms with E-state index in [0.29, 0.717) is 17.4 Å². The number of hydrogen-bond acceptors (Lipinski definition) is 5. The number of ether oxygens (including phenoxy) is 1. The summed E-state index contributed by atoms with van der Waals surface area (Å²) in [5.41, 5.74) is 2.16. The Labute approximate surface area is 148 Å². The van der Waals surface area contributed by atoms with E-state index in [0.717, 1.165) is 11.1 Å². The average molecular weight is 358 g/mol. The average Bonchev–Trinajstić information content (AvgIpc) is 2.58. The number of hydrogen-bond donors (Lipinski definition) is 0. The lowest BCUT2D eigenvalue weighted by Gasteiger charge is -2.12. The minimum atomic E-state index is -1.37. The molecule has 6 heteroatoms. The molecule has 1 heterocycles. The van der Waals surface area contributed by atoms with E-state index in [9.17, 15) is 14.7 Å². The highest BCUT2D eigenvalue weighted by atomic mass is 35.5. The van der Waals surface area contributed by atoms with Gasteiger partial charge in [0.15, 0.2) is 0 Å². The molecule has 5 nitrogen and oxygen atoms in total. The standard InChI is InChI=1S/C19H15ClO5/c1-11-13-8-15(20)17(24-10-18(21)22)9-16(13)25-19(23)14(11)7-12-5-3-2-4-6-12/h2-6,8-9H,7,10H2,1H3,(H,21,22)/p-1. The Morgan fingerprint density at radius 2 is 1.96 bits per heavy atom. The molecular weight excluding hydrogens is 344 g/mol. The van der Waals surface area contributed by atoms with Crippen molar-refractivity contribution in [2.75, 3.05) is 6.61 Å². The molecule has 0 amide bonds. The molecule has 3 rings (SSSR count). The van der Waals surface area contributed by atoms with E-state index in [1.54, 1.807) is 6.07 Å². The number of rotatable bonds is 5. The third-order valence-electron chi connectivity index (χ3n) is 3.91. The van der Waals surface area contributed by atoms with Crippen LogP contribution in [0.5, 0.6) is 5.75 Å². The van der Waals surface area contributed by atoms with Gasteiger partial charge in [0.05, 0.1) is 11.0 Å². The first-order valence-corrected chi connectivity index (χ1v) is 7.96. The van der Waals surface area contributed by atoms with Crippen molar-refractivity contribution in [3.8, 4) is 5.75 Å². The van der Waals surface area contributed by atoms with E-state index in [1.807, 2.05) is 37.3 Å². The van der Waals surface area contributed by atoms with Crippen molar-refractivity contribution < 1.29 is 19.1 Å². The van der Waals surface area contributed by atoms with Crippen LogP contribution in [0.4, 0.5) is 0 Å². The molecule has 0 saturated heterocycles. The lowest BCUT2D eigenvalue weighted by atomic mass is 9.99. The van der Waals surface area contributed by atoms with Crippen LogP contribution in [0.2, 0.25) is 5.02 Å². The number of aliphatic carboxylic acids is 1. The molecule has 128 valence electrons. The summed E-state index contributed by atoms with van der Waals surface area (Å²) < 4.78 is 10.4. The number of fused-ring (bicyclic) bond motifs is 1. The van der Waals surface area contributed by atoms with Crippen LogP contribution in [-0.4, -0.2) is 12.6 Å². The Morgan fingerprint density at radius 1 is 1.24 bits per heavy atom. The zero-order valence-corrected chi connectivity index (χ0v) is 14.1. The Hall–Kier alpha value is -2.79. The van der Waals surface area contributed by atoms with E-state index in [4.69, 9.17) is 20.8 Å². The zero-order valence-electron chi connectivity index (χ0n) is 13.4. The van der Waals surface area contributed by atoms with E-state index >= 15 is 0 Å². The number of aryl methyl sites for hydroxylation is 1. The molecule has 25 heavy (non-hydrogen) atoms. The van der Waals surface area contributed by atoms with Gasteiger partial charge in [0, 0.05) is 23.4 Å². The largest absolute Gasteiger partial charge is 0.546 e. The molecule has 0 aliphatic heterocycles. The van der Waals surface area contributed by atoms with Gasteiger partial charge in [-0.3, -0.25) is 0 Å². The normalized spacial score (nSPS) is 10.8. The molecule has 0 aliphatic carbocycles. The van der Waals surface area contributed by atoms with Gasteiger partial charge in [0.25, 0.3) is 0 Å². The Morgan fingerprint density at radius 3 is 2.64 bits per heavy atom. The molecule has 0 radical (unpaired) electrons. The van der Waals surface area contributed by atoms with Crippen LogP contribution in [-0.2, 0) is 11.2 Å². The summed E-state index contributed by atoms with van der Waals surface area (Å²) in [6, 6.07) is 12.6. The topological polar surface area (TPSA) is 79.6 Å². The minimum Gasteiger partial charge on any atom is -0.546 e. The van der Waals surface area contributed by atoms with Crippen LogP contribution < -0.4 is 15.5 Å². The maximum Gasteiger partial charge on any atom is 0.340 e. The minimum absolute atomic E-state index is 0.122. The molecule has 0 aliphatic rings. The fourth-order valence-corrected chi connectivity index (χ4v) is 2.86. The van der Waals surface area contributed by atoms with Crippen LogP contribution >= 0.6 is 11.6 Å². The van der Waals surface area contributed by atoms with Gasteiger partial charge in [-0.1, -0.05) is 41.9 Å². The summed E-state index contributed by atoms with van der Waals surface area (Å²) in [6.45, 7) is 1.19. The second-order valence-electron chi connectivity index (χ2n) is 5.59. The van der Waals surface area contributed by atoms with Crippen LogP contribution in [0.1, 0.15) is 16.7 Å². The summed E-state index contributed by atoms with van der Waals surface area (Å²) in [5, 5.41) is 11.4. The quantitative estimate of drug-likeness (QED) is 0.655. The highest BCUT2D eigenvalue weighted by molar-refractivity contribution is 6.32. The maximum absolute atomic E-state index is 12.4. The predicted molar refractivity (Wildman–Crippen MR) is 92.0 cm³/mol. The molecule has 0 bridgehead atoms. The Kier molecular flexibility index (Phi) is 4.76. The molecule has 0 saturated carbocycles. The maximum atomic E-state index is 12.4. The van der Waals surface area contributed by atoms with Gasteiger partial charge in [-0.05, 0) is 24.1 Å². The molecule has 0 unspecified atom stereocenters. The second kappa shape index (κ2) is 6.99. The second-order valence-corrected chi connectivity index (χ2v) is 6.00. The van der Waals surface area contributed by atoms with Gasteiger partial charge in [-0.15, -0.1) is 0 Å². The van der Waals surface area contributed by atoms with E-state index in [-0.39, 0.29) is 16.4 Å². The van der Waals surface area contributed by atoms with Crippen molar-refractivity contribution in [3.05, 3.63) is 74.6 Å². The highest BCUT2D eigenvalue weighted by Gasteiger charge is 2.15. The summed E-state index contributed by atoms with van der Waals surface area (Å²) >= 11 is 6.15. The third-order valence-corrected chi connectivity index (χ3v) is 4.20. The van der Waals surface area contributed by atoms with Crippen LogP contribution in [0, 0.1) is 6.92 Å². The lowest BCUT2D eigenvalue weighted by molar-refractivity contribution is -0.307. The van der Waals surface area contributed by atoms with Crippen LogP contribution in [0.15, 0.2) is 51.7 Å². The smallest absolute Gasteiger partial charge is 0.340 e. The van der Waals surface area contributed by atoms with Crippen LogP contribution in [0.25, 0.3) is 11.0 Å². The van der Waals surface area contributed by atoms with E-state index < -0.39 is 18.2 Å². The Balaban J connectivity index is 2.06. The molecule has 2 aromatic carbocycles. The molecule has 1 aromatic heterocycles.